The van der Waals surface area contributed by atoms with Crippen LogP contribution in [0.3, 0.4) is 0 Å². The van der Waals surface area contributed by atoms with E-state index >= 15 is 0 Å². The van der Waals surface area contributed by atoms with Gasteiger partial charge >= 0.3 is 0 Å². The van der Waals surface area contributed by atoms with E-state index in [1.807, 2.05) is 54.6 Å². The maximum absolute atomic E-state index is 12.2. The van der Waals surface area contributed by atoms with Crippen LogP contribution in [0.25, 0.3) is 0 Å². The molecule has 3 rings (SSSR count). The molecule has 6 nitrogen and oxygen atoms in total. The highest BCUT2D eigenvalue weighted by Gasteiger charge is 2.12. The van der Waals surface area contributed by atoms with E-state index < -0.39 is 0 Å². The summed E-state index contributed by atoms with van der Waals surface area (Å²) in [5.74, 6) is 1.73. The first-order valence-electron chi connectivity index (χ1n) is 10.7. The van der Waals surface area contributed by atoms with Crippen molar-refractivity contribution in [2.75, 3.05) is 13.7 Å². The molecule has 8 heteroatoms. The van der Waals surface area contributed by atoms with Crippen molar-refractivity contribution in [3.63, 3.8) is 0 Å². The molecule has 0 bridgehead atoms. The summed E-state index contributed by atoms with van der Waals surface area (Å²) in [6, 6.07) is 19.2. The minimum atomic E-state index is -0.359. The summed E-state index contributed by atoms with van der Waals surface area (Å²) in [7, 11) is 1.57. The van der Waals surface area contributed by atoms with Crippen LogP contribution in [-0.4, -0.2) is 25.8 Å². The Bertz CT molecular complexity index is 1150. The summed E-state index contributed by atoms with van der Waals surface area (Å²) in [5.41, 5.74) is 5.29. The van der Waals surface area contributed by atoms with Gasteiger partial charge in [-0.1, -0.05) is 60.1 Å². The van der Waals surface area contributed by atoms with Gasteiger partial charge in [0.25, 0.3) is 5.91 Å². The number of rotatable bonds is 10. The van der Waals surface area contributed by atoms with E-state index in [-0.39, 0.29) is 18.4 Å². The van der Waals surface area contributed by atoms with Gasteiger partial charge in [-0.2, -0.15) is 5.10 Å². The third-order valence-corrected chi connectivity index (χ3v) is 5.92. The Labute approximate surface area is 216 Å². The number of carbonyl (C=O) groups is 1. The van der Waals surface area contributed by atoms with Gasteiger partial charge < -0.3 is 14.2 Å². The van der Waals surface area contributed by atoms with Crippen LogP contribution >= 0.6 is 31.9 Å². The van der Waals surface area contributed by atoms with Crippen LogP contribution in [0, 0.1) is 0 Å². The molecule has 0 aromatic heterocycles. The molecule has 0 saturated carbocycles. The first kappa shape index (κ1) is 25.8. The fourth-order valence-electron chi connectivity index (χ4n) is 3.14. The molecule has 0 aliphatic heterocycles. The predicted octanol–water partition coefficient (Wildman–Crippen LogP) is 6.45. The third-order valence-electron chi connectivity index (χ3n) is 4.83. The predicted molar refractivity (Wildman–Crippen MR) is 141 cm³/mol. The van der Waals surface area contributed by atoms with Gasteiger partial charge in [-0.05, 0) is 68.9 Å². The molecule has 0 radical (unpaired) electrons. The van der Waals surface area contributed by atoms with E-state index in [0.29, 0.717) is 23.9 Å². The van der Waals surface area contributed by atoms with Gasteiger partial charge in [0, 0.05) is 4.47 Å². The molecule has 3 aromatic carbocycles. The van der Waals surface area contributed by atoms with E-state index in [4.69, 9.17) is 14.2 Å². The Hall–Kier alpha value is -2.84. The average molecular weight is 590 g/mol. The first-order valence-corrected chi connectivity index (χ1v) is 12.2. The van der Waals surface area contributed by atoms with Crippen molar-refractivity contribution in [1.82, 2.24) is 5.43 Å². The molecule has 0 spiro atoms. The van der Waals surface area contributed by atoms with E-state index in [1.165, 1.54) is 6.21 Å². The zero-order chi connectivity index (χ0) is 24.5. The molecule has 1 N–H and O–H groups in total. The molecule has 0 heterocycles. The van der Waals surface area contributed by atoms with Crippen LogP contribution in [0.5, 0.6) is 17.2 Å². The Balaban J connectivity index is 1.59. The van der Waals surface area contributed by atoms with Crippen LogP contribution in [0.4, 0.5) is 0 Å². The van der Waals surface area contributed by atoms with Gasteiger partial charge in [0.15, 0.2) is 18.1 Å². The van der Waals surface area contributed by atoms with Gasteiger partial charge in [-0.15, -0.1) is 0 Å². The lowest BCUT2D eigenvalue weighted by atomic mass is 10.0. The van der Waals surface area contributed by atoms with E-state index in [0.717, 1.165) is 25.6 Å². The van der Waals surface area contributed by atoms with Crippen molar-refractivity contribution < 1.29 is 19.0 Å². The molecule has 34 heavy (non-hydrogen) atoms. The summed E-state index contributed by atoms with van der Waals surface area (Å²) < 4.78 is 18.8. The summed E-state index contributed by atoms with van der Waals surface area (Å²) in [6.07, 6.45) is 1.53. The van der Waals surface area contributed by atoms with Crippen LogP contribution in [0.15, 0.2) is 74.7 Å². The topological polar surface area (TPSA) is 69.2 Å². The lowest BCUT2D eigenvalue weighted by molar-refractivity contribution is -0.123. The molecule has 0 unspecified atom stereocenters. The van der Waals surface area contributed by atoms with Crippen molar-refractivity contribution in [2.24, 2.45) is 5.10 Å². The molecular weight excluding hydrogens is 564 g/mol. The van der Waals surface area contributed by atoms with Crippen LogP contribution in [0.2, 0.25) is 0 Å². The number of carbonyl (C=O) groups excluding carboxylic acids is 1. The SMILES string of the molecule is COc1cc(/C=N/NC(=O)COc2ccc(Br)cc2C(C)C)cc(Br)c1OCc1ccccc1. The number of methoxy groups -OCH3 is 1. The number of nitrogens with one attached hydrogen (secondary N) is 1. The van der Waals surface area contributed by atoms with Crippen LogP contribution < -0.4 is 19.6 Å². The Morgan fingerprint density at radius 2 is 1.79 bits per heavy atom. The Morgan fingerprint density at radius 1 is 1.03 bits per heavy atom. The number of halogens is 2. The second-order valence-electron chi connectivity index (χ2n) is 7.73. The minimum absolute atomic E-state index is 0.141. The Kier molecular flexibility index (Phi) is 9.53. The second kappa shape index (κ2) is 12.6. The number of hydrogen-bond acceptors (Lipinski definition) is 5. The molecule has 0 saturated heterocycles. The van der Waals surface area contributed by atoms with Crippen molar-refractivity contribution in [3.8, 4) is 17.2 Å². The zero-order valence-electron chi connectivity index (χ0n) is 19.2. The summed E-state index contributed by atoms with van der Waals surface area (Å²) in [6.45, 7) is 4.42. The molecule has 3 aromatic rings. The highest BCUT2D eigenvalue weighted by molar-refractivity contribution is 9.10. The molecular formula is C26H26Br2N2O4. The zero-order valence-corrected chi connectivity index (χ0v) is 22.4. The largest absolute Gasteiger partial charge is 0.493 e. The van der Waals surface area contributed by atoms with Crippen molar-refractivity contribution in [2.45, 2.75) is 26.4 Å². The fraction of sp³-hybridized carbons (Fsp3) is 0.231. The van der Waals surface area contributed by atoms with E-state index in [2.05, 4.69) is 56.2 Å². The average Bonchev–Trinajstić information content (AvgIpc) is 2.82. The van der Waals surface area contributed by atoms with E-state index in [9.17, 15) is 4.79 Å². The summed E-state index contributed by atoms with van der Waals surface area (Å²) in [4.78, 5) is 12.2. The first-order chi connectivity index (χ1) is 16.4. The fourth-order valence-corrected chi connectivity index (χ4v) is 4.09. The van der Waals surface area contributed by atoms with Crippen molar-refractivity contribution in [3.05, 3.63) is 86.3 Å². The van der Waals surface area contributed by atoms with Gasteiger partial charge in [-0.25, -0.2) is 5.43 Å². The number of hydrogen-bond donors (Lipinski definition) is 1. The number of nitrogens with zero attached hydrogens (tertiary/aromatic N) is 1. The minimum Gasteiger partial charge on any atom is -0.493 e. The summed E-state index contributed by atoms with van der Waals surface area (Å²) >= 11 is 7.00. The number of amides is 1. The molecule has 0 atom stereocenters. The van der Waals surface area contributed by atoms with Crippen LogP contribution in [-0.2, 0) is 11.4 Å². The normalized spacial score (nSPS) is 11.0. The highest BCUT2D eigenvalue weighted by atomic mass is 79.9. The molecule has 0 aliphatic carbocycles. The van der Waals surface area contributed by atoms with Gasteiger partial charge in [0.2, 0.25) is 0 Å². The molecule has 1 amide bonds. The number of benzene rings is 3. The van der Waals surface area contributed by atoms with Gasteiger partial charge in [-0.3, -0.25) is 4.79 Å². The maximum Gasteiger partial charge on any atom is 0.277 e. The highest BCUT2D eigenvalue weighted by Crippen LogP contribution is 2.37. The molecule has 0 aliphatic rings. The van der Waals surface area contributed by atoms with Crippen molar-refractivity contribution in [1.29, 1.82) is 0 Å². The summed E-state index contributed by atoms with van der Waals surface area (Å²) in [5, 5.41) is 4.04. The van der Waals surface area contributed by atoms with Gasteiger partial charge in [0.05, 0.1) is 17.8 Å². The lowest BCUT2D eigenvalue weighted by Crippen LogP contribution is -2.24. The second-order valence-corrected chi connectivity index (χ2v) is 9.50. The number of ether oxygens (including phenoxy) is 3. The third kappa shape index (κ3) is 7.33. The standard InChI is InChI=1S/C26H26Br2N2O4/c1-17(2)21-13-20(27)9-10-23(21)33-16-25(31)30-29-14-19-11-22(28)26(24(12-19)32-3)34-15-18-7-5-4-6-8-18/h4-14,17H,15-16H2,1-3H3,(H,30,31)/b29-14+. The lowest BCUT2D eigenvalue weighted by Gasteiger charge is -2.14. The quantitative estimate of drug-likeness (QED) is 0.218. The van der Waals surface area contributed by atoms with Gasteiger partial charge in [0.1, 0.15) is 12.4 Å². The van der Waals surface area contributed by atoms with Crippen LogP contribution in [0.1, 0.15) is 36.5 Å². The molecule has 178 valence electrons. The Morgan fingerprint density at radius 3 is 2.50 bits per heavy atom. The number of hydrazone groups is 1. The molecule has 0 fully saturated rings. The van der Waals surface area contributed by atoms with Crippen molar-refractivity contribution >= 4 is 44.0 Å². The maximum atomic E-state index is 12.2. The van der Waals surface area contributed by atoms with E-state index in [1.54, 1.807) is 13.2 Å². The smallest absolute Gasteiger partial charge is 0.277 e. The monoisotopic (exact) mass is 588 g/mol.